The van der Waals surface area contributed by atoms with Crippen molar-refractivity contribution < 1.29 is 4.79 Å². The fourth-order valence-electron chi connectivity index (χ4n) is 2.22. The number of H-pyrrole nitrogens is 1. The van der Waals surface area contributed by atoms with Gasteiger partial charge in [0, 0.05) is 18.0 Å². The monoisotopic (exact) mass is 269 g/mol. The number of aromatic nitrogens is 4. The van der Waals surface area contributed by atoms with E-state index in [4.69, 9.17) is 0 Å². The highest BCUT2D eigenvalue weighted by Crippen LogP contribution is 2.18. The molecule has 1 aromatic carbocycles. The Balaban J connectivity index is 1.80. The molecule has 0 saturated heterocycles. The lowest BCUT2D eigenvalue weighted by molar-refractivity contribution is 0.0942. The number of benzene rings is 1. The second-order valence-corrected chi connectivity index (χ2v) is 4.67. The van der Waals surface area contributed by atoms with Crippen molar-refractivity contribution in [2.24, 2.45) is 7.05 Å². The van der Waals surface area contributed by atoms with Crippen LogP contribution < -0.4 is 5.32 Å². The molecule has 0 fully saturated rings. The molecule has 0 unspecified atom stereocenters. The molecule has 0 aliphatic heterocycles. The van der Waals surface area contributed by atoms with Gasteiger partial charge in [-0.15, -0.1) is 0 Å². The summed E-state index contributed by atoms with van der Waals surface area (Å²) in [6, 6.07) is 9.78. The molecule has 0 aliphatic rings. The third kappa shape index (κ3) is 2.16. The minimum Gasteiger partial charge on any atom is -0.343 e. The van der Waals surface area contributed by atoms with Gasteiger partial charge >= 0.3 is 0 Å². The molecule has 0 atom stereocenters. The highest BCUT2D eigenvalue weighted by molar-refractivity contribution is 5.98. The Hall–Kier alpha value is -2.63. The molecule has 0 aliphatic carbocycles. The molecule has 1 amide bonds. The third-order valence-electron chi connectivity index (χ3n) is 3.23. The van der Waals surface area contributed by atoms with Crippen molar-refractivity contribution in [3.05, 3.63) is 47.7 Å². The Bertz CT molecular complexity index is 771. The van der Waals surface area contributed by atoms with Gasteiger partial charge < -0.3 is 9.88 Å². The Morgan fingerprint density at radius 2 is 2.20 bits per heavy atom. The number of hydrogen-bond donors (Lipinski definition) is 2. The van der Waals surface area contributed by atoms with Gasteiger partial charge in [-0.25, -0.2) is 4.98 Å². The first-order chi connectivity index (χ1) is 9.65. The molecule has 6 nitrogen and oxygen atoms in total. The van der Waals surface area contributed by atoms with E-state index >= 15 is 0 Å². The molecule has 3 rings (SSSR count). The Morgan fingerprint density at radius 1 is 1.40 bits per heavy atom. The second-order valence-electron chi connectivity index (χ2n) is 4.67. The topological polar surface area (TPSA) is 75.6 Å². The van der Waals surface area contributed by atoms with Gasteiger partial charge in [0.05, 0.1) is 6.54 Å². The van der Waals surface area contributed by atoms with E-state index in [9.17, 15) is 4.79 Å². The number of fused-ring (bicyclic) bond motifs is 1. The highest BCUT2D eigenvalue weighted by atomic mass is 16.1. The zero-order valence-electron chi connectivity index (χ0n) is 11.3. The maximum absolute atomic E-state index is 12.2. The lowest BCUT2D eigenvalue weighted by Crippen LogP contribution is -2.25. The van der Waals surface area contributed by atoms with Gasteiger partial charge in [-0.3, -0.25) is 9.89 Å². The van der Waals surface area contributed by atoms with Crippen molar-refractivity contribution in [1.82, 2.24) is 25.1 Å². The van der Waals surface area contributed by atoms with E-state index in [0.717, 1.165) is 16.7 Å². The maximum Gasteiger partial charge on any atom is 0.268 e. The number of aryl methyl sites for hydroxylation is 2. The summed E-state index contributed by atoms with van der Waals surface area (Å²) in [6.07, 6.45) is 0. The van der Waals surface area contributed by atoms with E-state index in [1.54, 1.807) is 0 Å². The first-order valence-corrected chi connectivity index (χ1v) is 6.35. The smallest absolute Gasteiger partial charge is 0.268 e. The van der Waals surface area contributed by atoms with Crippen LogP contribution in [0.15, 0.2) is 30.3 Å². The number of nitrogens with one attached hydrogen (secondary N) is 2. The number of aromatic amines is 1. The van der Waals surface area contributed by atoms with Crippen LogP contribution in [0, 0.1) is 6.92 Å². The molecule has 3 aromatic rings. The summed E-state index contributed by atoms with van der Waals surface area (Å²) in [4.78, 5) is 16.4. The summed E-state index contributed by atoms with van der Waals surface area (Å²) < 4.78 is 1.88. The number of para-hydroxylation sites is 1. The summed E-state index contributed by atoms with van der Waals surface area (Å²) in [5, 5.41) is 10.6. The SMILES string of the molecule is Cc1nc(CNC(=O)c2cc3ccccc3n2C)n[nH]1. The van der Waals surface area contributed by atoms with Crippen LogP contribution in [-0.4, -0.2) is 25.7 Å². The lowest BCUT2D eigenvalue weighted by atomic mass is 10.2. The normalized spacial score (nSPS) is 10.9. The average Bonchev–Trinajstić information content (AvgIpc) is 3.01. The van der Waals surface area contributed by atoms with Crippen molar-refractivity contribution in [3.63, 3.8) is 0 Å². The van der Waals surface area contributed by atoms with Crippen LogP contribution in [0.1, 0.15) is 22.1 Å². The van der Waals surface area contributed by atoms with Crippen molar-refractivity contribution in [2.75, 3.05) is 0 Å². The second kappa shape index (κ2) is 4.80. The highest BCUT2D eigenvalue weighted by Gasteiger charge is 2.13. The zero-order valence-corrected chi connectivity index (χ0v) is 11.3. The van der Waals surface area contributed by atoms with E-state index in [-0.39, 0.29) is 5.91 Å². The van der Waals surface area contributed by atoms with Crippen molar-refractivity contribution in [1.29, 1.82) is 0 Å². The predicted molar refractivity (Wildman–Crippen MR) is 75.2 cm³/mol. The fraction of sp³-hybridized carbons (Fsp3) is 0.214. The predicted octanol–water partition coefficient (Wildman–Crippen LogP) is 1.53. The lowest BCUT2D eigenvalue weighted by Gasteiger charge is -2.04. The van der Waals surface area contributed by atoms with Crippen LogP contribution in [0.5, 0.6) is 0 Å². The number of hydrogen-bond acceptors (Lipinski definition) is 3. The largest absolute Gasteiger partial charge is 0.343 e. The molecule has 2 heterocycles. The number of nitrogens with zero attached hydrogens (tertiary/aromatic N) is 3. The molecule has 2 aromatic heterocycles. The minimum atomic E-state index is -0.133. The van der Waals surface area contributed by atoms with Crippen molar-refractivity contribution in [3.8, 4) is 0 Å². The first kappa shape index (κ1) is 12.4. The molecule has 0 radical (unpaired) electrons. The fourth-order valence-corrected chi connectivity index (χ4v) is 2.22. The molecule has 6 heteroatoms. The average molecular weight is 269 g/mol. The summed E-state index contributed by atoms with van der Waals surface area (Å²) >= 11 is 0. The Kier molecular flexibility index (Phi) is 2.98. The minimum absolute atomic E-state index is 0.133. The summed E-state index contributed by atoms with van der Waals surface area (Å²) in [6.45, 7) is 2.13. The van der Waals surface area contributed by atoms with E-state index < -0.39 is 0 Å². The van der Waals surface area contributed by atoms with E-state index in [0.29, 0.717) is 18.1 Å². The molecule has 2 N–H and O–H groups in total. The number of carbonyl (C=O) groups is 1. The van der Waals surface area contributed by atoms with Gasteiger partial charge in [-0.1, -0.05) is 18.2 Å². The van der Waals surface area contributed by atoms with Gasteiger partial charge in [-0.05, 0) is 19.1 Å². The van der Waals surface area contributed by atoms with E-state index in [1.807, 2.05) is 48.9 Å². The molecule has 0 saturated carbocycles. The van der Waals surface area contributed by atoms with Gasteiger partial charge in [0.2, 0.25) is 0 Å². The number of amides is 1. The van der Waals surface area contributed by atoms with Gasteiger partial charge in [-0.2, -0.15) is 5.10 Å². The maximum atomic E-state index is 12.2. The summed E-state index contributed by atoms with van der Waals surface area (Å²) in [7, 11) is 1.88. The van der Waals surface area contributed by atoms with Crippen LogP contribution in [0.2, 0.25) is 0 Å². The van der Waals surface area contributed by atoms with Crippen molar-refractivity contribution in [2.45, 2.75) is 13.5 Å². The molecule has 20 heavy (non-hydrogen) atoms. The van der Waals surface area contributed by atoms with Crippen LogP contribution in [0.3, 0.4) is 0 Å². The van der Waals surface area contributed by atoms with Crippen LogP contribution in [0.25, 0.3) is 10.9 Å². The molecular formula is C14H15N5O. The molecule has 102 valence electrons. The van der Waals surface area contributed by atoms with Crippen molar-refractivity contribution >= 4 is 16.8 Å². The summed E-state index contributed by atoms with van der Waals surface area (Å²) in [5.74, 6) is 1.18. The van der Waals surface area contributed by atoms with E-state index in [1.165, 1.54) is 0 Å². The van der Waals surface area contributed by atoms with Gasteiger partial charge in [0.1, 0.15) is 11.5 Å². The molecular weight excluding hydrogens is 254 g/mol. The molecule has 0 bridgehead atoms. The standard InChI is InChI=1S/C14H15N5O/c1-9-16-13(18-17-9)8-15-14(20)12-7-10-5-3-4-6-11(10)19(12)2/h3-7H,8H2,1-2H3,(H,15,20)(H,16,17,18). The molecule has 0 spiro atoms. The quantitative estimate of drug-likeness (QED) is 0.757. The van der Waals surface area contributed by atoms with Crippen LogP contribution in [-0.2, 0) is 13.6 Å². The third-order valence-corrected chi connectivity index (χ3v) is 3.23. The number of carbonyl (C=O) groups excluding carboxylic acids is 1. The number of rotatable bonds is 3. The zero-order chi connectivity index (χ0) is 14.1. The van der Waals surface area contributed by atoms with Crippen LogP contribution >= 0.6 is 0 Å². The van der Waals surface area contributed by atoms with Gasteiger partial charge in [0.15, 0.2) is 5.82 Å². The van der Waals surface area contributed by atoms with E-state index in [2.05, 4.69) is 20.5 Å². The summed E-state index contributed by atoms with van der Waals surface area (Å²) in [5.41, 5.74) is 1.66. The Morgan fingerprint density at radius 3 is 2.90 bits per heavy atom. The van der Waals surface area contributed by atoms with Gasteiger partial charge in [0.25, 0.3) is 5.91 Å². The van der Waals surface area contributed by atoms with Crippen LogP contribution in [0.4, 0.5) is 0 Å². The Labute approximate surface area is 115 Å². The first-order valence-electron chi connectivity index (χ1n) is 6.35.